The zero-order chi connectivity index (χ0) is 13.6. The Balaban J connectivity index is 2.66. The van der Waals surface area contributed by atoms with E-state index in [0.29, 0.717) is 25.3 Å². The monoisotopic (exact) mass is 249 g/mol. The first kappa shape index (κ1) is 14.3. The standard InChI is InChI=1S/C13H19N3O2/c1-13(2,15)9-12(17)16(7-4-6-14)10-11-5-3-8-18-11/h3,5,8H,4,7,9-10,15H2,1-2H3. The van der Waals surface area contributed by atoms with Gasteiger partial charge in [-0.05, 0) is 26.0 Å². The van der Waals surface area contributed by atoms with Gasteiger partial charge in [0.05, 0.1) is 25.3 Å². The predicted molar refractivity (Wildman–Crippen MR) is 67.2 cm³/mol. The molecule has 1 aromatic rings. The lowest BCUT2D eigenvalue weighted by atomic mass is 10.0. The smallest absolute Gasteiger partial charge is 0.224 e. The Morgan fingerprint density at radius 1 is 1.61 bits per heavy atom. The number of nitrogens with two attached hydrogens (primary N) is 1. The molecule has 0 unspecified atom stereocenters. The van der Waals surface area contributed by atoms with E-state index >= 15 is 0 Å². The van der Waals surface area contributed by atoms with E-state index in [1.165, 1.54) is 0 Å². The Bertz CT molecular complexity index is 412. The predicted octanol–water partition coefficient (Wildman–Crippen LogP) is 1.65. The van der Waals surface area contributed by atoms with Gasteiger partial charge in [0, 0.05) is 18.5 Å². The number of carbonyl (C=O) groups is 1. The van der Waals surface area contributed by atoms with Crippen LogP contribution in [0.15, 0.2) is 22.8 Å². The molecule has 18 heavy (non-hydrogen) atoms. The highest BCUT2D eigenvalue weighted by molar-refractivity contribution is 5.77. The van der Waals surface area contributed by atoms with Crippen LogP contribution in [0.25, 0.3) is 0 Å². The lowest BCUT2D eigenvalue weighted by Gasteiger charge is -2.25. The molecule has 0 bridgehead atoms. The second-order valence-electron chi connectivity index (χ2n) is 4.97. The second-order valence-corrected chi connectivity index (χ2v) is 4.97. The Hall–Kier alpha value is -1.80. The largest absolute Gasteiger partial charge is 0.467 e. The van der Waals surface area contributed by atoms with E-state index in [9.17, 15) is 4.79 Å². The van der Waals surface area contributed by atoms with Crippen molar-refractivity contribution >= 4 is 5.91 Å². The molecule has 2 N–H and O–H groups in total. The molecule has 0 aliphatic carbocycles. The van der Waals surface area contributed by atoms with Gasteiger partial charge in [0.1, 0.15) is 5.76 Å². The van der Waals surface area contributed by atoms with Crippen LogP contribution in [-0.4, -0.2) is 22.9 Å². The van der Waals surface area contributed by atoms with Crippen LogP contribution in [0.2, 0.25) is 0 Å². The van der Waals surface area contributed by atoms with E-state index < -0.39 is 5.54 Å². The molecule has 1 heterocycles. The van der Waals surface area contributed by atoms with Crippen LogP contribution in [0.1, 0.15) is 32.4 Å². The summed E-state index contributed by atoms with van der Waals surface area (Å²) in [6, 6.07) is 5.62. The molecule has 0 aromatic carbocycles. The van der Waals surface area contributed by atoms with Crippen molar-refractivity contribution in [3.8, 4) is 6.07 Å². The number of nitrogens with zero attached hydrogens (tertiary/aromatic N) is 2. The number of rotatable bonds is 6. The zero-order valence-electron chi connectivity index (χ0n) is 10.8. The van der Waals surface area contributed by atoms with Crippen LogP contribution in [0.3, 0.4) is 0 Å². The van der Waals surface area contributed by atoms with Crippen molar-refractivity contribution in [2.45, 2.75) is 38.8 Å². The third-order valence-electron chi connectivity index (χ3n) is 2.38. The highest BCUT2D eigenvalue weighted by Crippen LogP contribution is 2.11. The maximum Gasteiger partial charge on any atom is 0.224 e. The normalized spacial score (nSPS) is 11.0. The van der Waals surface area contributed by atoms with Crippen LogP contribution >= 0.6 is 0 Å². The van der Waals surface area contributed by atoms with Crippen LogP contribution in [-0.2, 0) is 11.3 Å². The number of hydrogen-bond donors (Lipinski definition) is 1. The summed E-state index contributed by atoms with van der Waals surface area (Å²) >= 11 is 0. The average molecular weight is 249 g/mol. The maximum absolute atomic E-state index is 12.1. The zero-order valence-corrected chi connectivity index (χ0v) is 10.8. The number of amides is 1. The summed E-state index contributed by atoms with van der Waals surface area (Å²) in [4.78, 5) is 13.7. The van der Waals surface area contributed by atoms with Crippen molar-refractivity contribution in [3.05, 3.63) is 24.2 Å². The first-order valence-corrected chi connectivity index (χ1v) is 5.88. The van der Waals surface area contributed by atoms with Gasteiger partial charge in [-0.1, -0.05) is 0 Å². The Morgan fingerprint density at radius 3 is 2.83 bits per heavy atom. The molecule has 1 amide bonds. The SMILES string of the molecule is CC(C)(N)CC(=O)N(CCC#N)Cc1ccco1. The quantitative estimate of drug-likeness (QED) is 0.830. The third-order valence-corrected chi connectivity index (χ3v) is 2.38. The number of carbonyl (C=O) groups excluding carboxylic acids is 1. The van der Waals surface area contributed by atoms with Crippen LogP contribution in [0, 0.1) is 11.3 Å². The minimum absolute atomic E-state index is 0.0610. The molecule has 0 spiro atoms. The molecule has 1 rings (SSSR count). The Labute approximate surface area is 107 Å². The highest BCUT2D eigenvalue weighted by atomic mass is 16.3. The number of hydrogen-bond acceptors (Lipinski definition) is 4. The minimum atomic E-state index is -0.550. The summed E-state index contributed by atoms with van der Waals surface area (Å²) in [7, 11) is 0. The van der Waals surface area contributed by atoms with Crippen molar-refractivity contribution in [2.75, 3.05) is 6.54 Å². The van der Waals surface area contributed by atoms with Gasteiger partial charge in [0.15, 0.2) is 0 Å². The van der Waals surface area contributed by atoms with E-state index in [-0.39, 0.29) is 12.3 Å². The van der Waals surface area contributed by atoms with Gasteiger partial charge < -0.3 is 15.1 Å². The number of nitriles is 1. The van der Waals surface area contributed by atoms with Crippen molar-refractivity contribution in [1.82, 2.24) is 4.90 Å². The van der Waals surface area contributed by atoms with E-state index in [2.05, 4.69) is 0 Å². The van der Waals surface area contributed by atoms with Gasteiger partial charge in [-0.2, -0.15) is 5.26 Å². The lowest BCUT2D eigenvalue weighted by Crippen LogP contribution is -2.41. The molecular formula is C13H19N3O2. The molecule has 0 aliphatic heterocycles. The molecule has 0 fully saturated rings. The topological polar surface area (TPSA) is 83.3 Å². The van der Waals surface area contributed by atoms with Crippen LogP contribution in [0.4, 0.5) is 0 Å². The van der Waals surface area contributed by atoms with Gasteiger partial charge in [-0.15, -0.1) is 0 Å². The first-order valence-electron chi connectivity index (χ1n) is 5.88. The van der Waals surface area contributed by atoms with Crippen molar-refractivity contribution < 1.29 is 9.21 Å². The second kappa shape index (κ2) is 6.22. The van der Waals surface area contributed by atoms with E-state index in [4.69, 9.17) is 15.4 Å². The maximum atomic E-state index is 12.1. The van der Waals surface area contributed by atoms with Crippen LogP contribution < -0.4 is 5.73 Å². The summed E-state index contributed by atoms with van der Waals surface area (Å²) in [5.41, 5.74) is 5.29. The Morgan fingerprint density at radius 2 is 2.33 bits per heavy atom. The number of furan rings is 1. The molecule has 0 atom stereocenters. The Kier molecular flexibility index (Phi) is 4.93. The van der Waals surface area contributed by atoms with Gasteiger partial charge in [-0.25, -0.2) is 0 Å². The molecule has 0 saturated carbocycles. The molecular weight excluding hydrogens is 230 g/mol. The molecule has 0 aliphatic rings. The van der Waals surface area contributed by atoms with E-state index in [1.54, 1.807) is 37.1 Å². The van der Waals surface area contributed by atoms with Gasteiger partial charge in [-0.3, -0.25) is 4.79 Å². The molecule has 0 saturated heterocycles. The van der Waals surface area contributed by atoms with E-state index in [1.807, 2.05) is 6.07 Å². The first-order chi connectivity index (χ1) is 8.42. The molecule has 5 heteroatoms. The van der Waals surface area contributed by atoms with Crippen molar-refractivity contribution in [2.24, 2.45) is 5.73 Å². The molecule has 0 radical (unpaired) electrons. The summed E-state index contributed by atoms with van der Waals surface area (Å²) in [6.45, 7) is 4.39. The summed E-state index contributed by atoms with van der Waals surface area (Å²) in [6.07, 6.45) is 2.12. The summed E-state index contributed by atoms with van der Waals surface area (Å²) in [5, 5.41) is 8.62. The van der Waals surface area contributed by atoms with Gasteiger partial charge in [0.2, 0.25) is 5.91 Å². The van der Waals surface area contributed by atoms with Gasteiger partial charge in [0.25, 0.3) is 0 Å². The molecule has 1 aromatic heterocycles. The van der Waals surface area contributed by atoms with Crippen molar-refractivity contribution in [1.29, 1.82) is 5.26 Å². The van der Waals surface area contributed by atoms with Crippen molar-refractivity contribution in [3.63, 3.8) is 0 Å². The fourth-order valence-corrected chi connectivity index (χ4v) is 1.57. The van der Waals surface area contributed by atoms with Crippen LogP contribution in [0.5, 0.6) is 0 Å². The van der Waals surface area contributed by atoms with Gasteiger partial charge >= 0.3 is 0 Å². The fraction of sp³-hybridized carbons (Fsp3) is 0.538. The highest BCUT2D eigenvalue weighted by Gasteiger charge is 2.22. The average Bonchev–Trinajstić information content (AvgIpc) is 2.74. The summed E-state index contributed by atoms with van der Waals surface area (Å²) in [5.74, 6) is 0.644. The molecule has 5 nitrogen and oxygen atoms in total. The van der Waals surface area contributed by atoms with E-state index in [0.717, 1.165) is 0 Å². The fourth-order valence-electron chi connectivity index (χ4n) is 1.57. The lowest BCUT2D eigenvalue weighted by molar-refractivity contribution is -0.133. The summed E-state index contributed by atoms with van der Waals surface area (Å²) < 4.78 is 5.22. The third kappa shape index (κ3) is 5.02. The minimum Gasteiger partial charge on any atom is -0.467 e. The molecule has 98 valence electrons.